The number of fused-ring (bicyclic) bond motifs is 1. The molecular weight excluding hydrogens is 362 g/mol. The Morgan fingerprint density at radius 1 is 1.22 bits per heavy atom. The second-order valence-electron chi connectivity index (χ2n) is 6.37. The number of carbonyl (C=O) groups is 1. The highest BCUT2D eigenvalue weighted by molar-refractivity contribution is 7.16. The van der Waals surface area contributed by atoms with Gasteiger partial charge in [0.05, 0.1) is 17.6 Å². The van der Waals surface area contributed by atoms with Crippen molar-refractivity contribution < 1.29 is 4.79 Å². The Hall–Kier alpha value is -3.20. The van der Waals surface area contributed by atoms with Crippen molar-refractivity contribution in [2.45, 2.75) is 25.3 Å². The van der Waals surface area contributed by atoms with E-state index in [4.69, 9.17) is 0 Å². The molecule has 0 atom stereocenters. The zero-order valence-electron chi connectivity index (χ0n) is 14.2. The third-order valence-corrected chi connectivity index (χ3v) is 5.45. The van der Waals surface area contributed by atoms with Crippen molar-refractivity contribution in [3.8, 4) is 11.5 Å². The van der Waals surface area contributed by atoms with Crippen LogP contribution in [0, 0.1) is 0 Å². The van der Waals surface area contributed by atoms with Gasteiger partial charge in [0.1, 0.15) is 16.3 Å². The highest BCUT2D eigenvalue weighted by Crippen LogP contribution is 2.31. The zero-order valence-corrected chi connectivity index (χ0v) is 15.1. The molecule has 4 aromatic heterocycles. The summed E-state index contributed by atoms with van der Waals surface area (Å²) in [5, 5.41) is 13.7. The summed E-state index contributed by atoms with van der Waals surface area (Å²) in [5.74, 6) is 0.586. The number of anilines is 1. The Bertz CT molecular complexity index is 1120. The summed E-state index contributed by atoms with van der Waals surface area (Å²) in [6.45, 7) is 0. The molecule has 4 heterocycles. The topological polar surface area (TPSA) is 98.5 Å². The van der Waals surface area contributed by atoms with Crippen molar-refractivity contribution in [3.63, 3.8) is 0 Å². The van der Waals surface area contributed by atoms with Crippen molar-refractivity contribution in [2.75, 3.05) is 5.32 Å². The summed E-state index contributed by atoms with van der Waals surface area (Å²) in [6, 6.07) is 7.80. The molecule has 5 rings (SSSR count). The van der Waals surface area contributed by atoms with E-state index in [-0.39, 0.29) is 11.6 Å². The number of amides is 1. The van der Waals surface area contributed by atoms with E-state index in [1.807, 2.05) is 29.6 Å². The number of thiophene rings is 1. The Balaban J connectivity index is 1.47. The number of hydrogen-bond acceptors (Lipinski definition) is 7. The number of nitrogens with zero attached hydrogens (tertiary/aromatic N) is 6. The molecule has 0 aliphatic heterocycles. The van der Waals surface area contributed by atoms with Gasteiger partial charge in [-0.05, 0) is 42.8 Å². The average molecular weight is 377 g/mol. The van der Waals surface area contributed by atoms with Crippen molar-refractivity contribution in [1.29, 1.82) is 0 Å². The van der Waals surface area contributed by atoms with Gasteiger partial charge < -0.3 is 5.32 Å². The summed E-state index contributed by atoms with van der Waals surface area (Å²) in [5.41, 5.74) is 0.933. The molecule has 1 amide bonds. The van der Waals surface area contributed by atoms with Gasteiger partial charge in [0.25, 0.3) is 5.91 Å². The number of pyridine rings is 1. The molecule has 0 spiro atoms. The molecule has 1 saturated carbocycles. The number of carbonyl (C=O) groups excluding carboxylic acids is 1. The lowest BCUT2D eigenvalue weighted by Gasteiger charge is -2.24. The predicted octanol–water partition coefficient (Wildman–Crippen LogP) is 3.32. The van der Waals surface area contributed by atoms with Crippen molar-refractivity contribution >= 4 is 33.3 Å². The largest absolute Gasteiger partial charge is 0.304 e. The molecule has 4 aromatic rings. The third-order valence-electron chi connectivity index (χ3n) is 4.64. The lowest BCUT2D eigenvalue weighted by Crippen LogP contribution is -2.17. The Kier molecular flexibility index (Phi) is 3.86. The second-order valence-corrected chi connectivity index (χ2v) is 7.27. The van der Waals surface area contributed by atoms with Gasteiger partial charge in [-0.1, -0.05) is 11.3 Å². The van der Waals surface area contributed by atoms with Gasteiger partial charge >= 0.3 is 0 Å². The van der Waals surface area contributed by atoms with Crippen LogP contribution in [-0.4, -0.2) is 35.9 Å². The summed E-state index contributed by atoms with van der Waals surface area (Å²) in [7, 11) is 0. The first-order valence-electron chi connectivity index (χ1n) is 8.68. The number of aromatic nitrogens is 6. The van der Waals surface area contributed by atoms with Gasteiger partial charge in [-0.3, -0.25) is 9.78 Å². The first-order chi connectivity index (χ1) is 13.3. The van der Waals surface area contributed by atoms with Crippen molar-refractivity contribution in [3.05, 3.63) is 47.7 Å². The molecule has 8 nitrogen and oxygen atoms in total. The highest BCUT2D eigenvalue weighted by atomic mass is 32.1. The Labute approximate surface area is 158 Å². The van der Waals surface area contributed by atoms with Crippen LogP contribution in [0.2, 0.25) is 0 Å². The van der Waals surface area contributed by atoms with Crippen LogP contribution in [-0.2, 0) is 0 Å². The summed E-state index contributed by atoms with van der Waals surface area (Å²) < 4.78 is 1.78. The van der Waals surface area contributed by atoms with Crippen LogP contribution < -0.4 is 5.32 Å². The van der Waals surface area contributed by atoms with E-state index in [2.05, 4.69) is 30.6 Å². The van der Waals surface area contributed by atoms with E-state index < -0.39 is 0 Å². The highest BCUT2D eigenvalue weighted by Gasteiger charge is 2.23. The molecule has 0 aromatic carbocycles. The molecule has 1 N–H and O–H groups in total. The number of rotatable bonds is 4. The SMILES string of the molecule is O=C(Nc1nc(-c2ccccn2)nc2sccc12)c1cn(C2CCC2)nn1. The van der Waals surface area contributed by atoms with Crippen LogP contribution in [0.3, 0.4) is 0 Å². The molecule has 0 unspecified atom stereocenters. The minimum atomic E-state index is -0.334. The van der Waals surface area contributed by atoms with E-state index in [1.54, 1.807) is 17.1 Å². The zero-order chi connectivity index (χ0) is 18.2. The van der Waals surface area contributed by atoms with E-state index in [0.29, 0.717) is 23.4 Å². The quantitative estimate of drug-likeness (QED) is 0.586. The minimum absolute atomic E-state index is 0.281. The molecule has 0 saturated heterocycles. The number of nitrogens with one attached hydrogen (secondary N) is 1. The molecule has 1 fully saturated rings. The molecule has 27 heavy (non-hydrogen) atoms. The second kappa shape index (κ2) is 6.51. The maximum absolute atomic E-state index is 12.7. The smallest absolute Gasteiger partial charge is 0.279 e. The minimum Gasteiger partial charge on any atom is -0.304 e. The van der Waals surface area contributed by atoms with E-state index in [9.17, 15) is 4.79 Å². The monoisotopic (exact) mass is 377 g/mol. The molecule has 0 bridgehead atoms. The Morgan fingerprint density at radius 3 is 2.93 bits per heavy atom. The molecule has 1 aliphatic rings. The van der Waals surface area contributed by atoms with Crippen LogP contribution in [0.1, 0.15) is 35.8 Å². The molecule has 1 aliphatic carbocycles. The van der Waals surface area contributed by atoms with Crippen LogP contribution in [0.5, 0.6) is 0 Å². The van der Waals surface area contributed by atoms with Gasteiger partial charge in [0.15, 0.2) is 11.5 Å². The first-order valence-corrected chi connectivity index (χ1v) is 9.56. The molecule has 134 valence electrons. The van der Waals surface area contributed by atoms with Crippen LogP contribution >= 0.6 is 11.3 Å². The predicted molar refractivity (Wildman–Crippen MR) is 102 cm³/mol. The van der Waals surface area contributed by atoms with E-state index in [1.165, 1.54) is 17.8 Å². The van der Waals surface area contributed by atoms with Crippen LogP contribution in [0.25, 0.3) is 21.7 Å². The van der Waals surface area contributed by atoms with Crippen molar-refractivity contribution in [1.82, 2.24) is 29.9 Å². The normalized spacial score (nSPS) is 14.2. The van der Waals surface area contributed by atoms with Gasteiger partial charge in [-0.25, -0.2) is 14.6 Å². The Morgan fingerprint density at radius 2 is 2.15 bits per heavy atom. The molecule has 0 radical (unpaired) electrons. The van der Waals surface area contributed by atoms with Crippen molar-refractivity contribution in [2.24, 2.45) is 0 Å². The maximum Gasteiger partial charge on any atom is 0.279 e. The maximum atomic E-state index is 12.7. The number of hydrogen-bond donors (Lipinski definition) is 1. The summed E-state index contributed by atoms with van der Waals surface area (Å²) >= 11 is 1.49. The van der Waals surface area contributed by atoms with Gasteiger partial charge in [-0.15, -0.1) is 16.4 Å². The molecule has 9 heteroatoms. The van der Waals surface area contributed by atoms with Crippen LogP contribution in [0.15, 0.2) is 42.0 Å². The fourth-order valence-electron chi connectivity index (χ4n) is 2.94. The van der Waals surface area contributed by atoms with E-state index in [0.717, 1.165) is 23.1 Å². The summed E-state index contributed by atoms with van der Waals surface area (Å²) in [4.78, 5) is 26.8. The lowest BCUT2D eigenvalue weighted by molar-refractivity contribution is 0.102. The van der Waals surface area contributed by atoms with Crippen LogP contribution in [0.4, 0.5) is 5.82 Å². The molecular formula is C18H15N7OS. The lowest BCUT2D eigenvalue weighted by atomic mass is 9.93. The fraction of sp³-hybridized carbons (Fsp3) is 0.222. The van der Waals surface area contributed by atoms with Gasteiger partial charge in [0.2, 0.25) is 0 Å². The summed E-state index contributed by atoms with van der Waals surface area (Å²) in [6.07, 6.45) is 6.75. The average Bonchev–Trinajstić information content (AvgIpc) is 3.30. The standard InChI is InChI=1S/C18H15N7OS/c26-17(14-10-25(24-23-14)11-4-3-5-11)21-15-12-7-9-27-18(12)22-16(20-15)13-6-1-2-8-19-13/h1-2,6-11H,3-5H2,(H,20,21,22,26). The van der Waals surface area contributed by atoms with Gasteiger partial charge in [0, 0.05) is 6.20 Å². The third kappa shape index (κ3) is 2.95. The fourth-order valence-corrected chi connectivity index (χ4v) is 3.71. The van der Waals surface area contributed by atoms with Gasteiger partial charge in [-0.2, -0.15) is 0 Å². The first kappa shape index (κ1) is 16.0. The van der Waals surface area contributed by atoms with E-state index >= 15 is 0 Å².